The maximum atomic E-state index is 5.97. The predicted molar refractivity (Wildman–Crippen MR) is 76.2 cm³/mol. The summed E-state index contributed by atoms with van der Waals surface area (Å²) in [5, 5.41) is 4.38. The van der Waals surface area contributed by atoms with E-state index in [-0.39, 0.29) is 0 Å². The average molecular weight is 265 g/mol. The number of nitrogens with zero attached hydrogens (tertiary/aromatic N) is 1. The molecule has 98 valence electrons. The molecule has 0 amide bonds. The molecule has 2 atom stereocenters. The van der Waals surface area contributed by atoms with Crippen molar-refractivity contribution in [3.05, 3.63) is 34.9 Å². The molecule has 1 N–H and O–H groups in total. The van der Waals surface area contributed by atoms with Gasteiger partial charge >= 0.3 is 0 Å². The van der Waals surface area contributed by atoms with E-state index in [2.05, 4.69) is 22.3 Å². The van der Waals surface area contributed by atoms with Gasteiger partial charge in [0.15, 0.2) is 0 Å². The molecule has 3 heteroatoms. The smallest absolute Gasteiger partial charge is 0.0406 e. The van der Waals surface area contributed by atoms with E-state index in [4.69, 9.17) is 11.6 Å². The second-order valence-electron chi connectivity index (χ2n) is 5.58. The second-order valence-corrected chi connectivity index (χ2v) is 6.02. The molecule has 2 nitrogen and oxygen atoms in total. The lowest BCUT2D eigenvalue weighted by Crippen LogP contribution is -2.30. The molecule has 3 rings (SSSR count). The number of benzene rings is 1. The molecular weight excluding hydrogens is 244 g/mol. The van der Waals surface area contributed by atoms with Crippen LogP contribution in [-0.2, 0) is 0 Å². The molecule has 2 saturated heterocycles. The van der Waals surface area contributed by atoms with Crippen molar-refractivity contribution in [1.82, 2.24) is 10.2 Å². The molecule has 0 spiro atoms. The fourth-order valence-corrected chi connectivity index (χ4v) is 3.45. The zero-order valence-corrected chi connectivity index (χ0v) is 11.5. The van der Waals surface area contributed by atoms with Gasteiger partial charge in [-0.2, -0.15) is 0 Å². The lowest BCUT2D eigenvalue weighted by molar-refractivity contribution is 0.276. The lowest BCUT2D eigenvalue weighted by Gasteiger charge is -2.24. The standard InChI is InChI=1S/C15H21ClN2/c16-14-5-3-12(4-6-14)15-10-17-9-13(15)11-18-7-1-2-8-18/h3-6,13,15,17H,1-2,7-11H2/t13-,15-/m0/s1. The van der Waals surface area contributed by atoms with Gasteiger partial charge in [0.05, 0.1) is 0 Å². The Morgan fingerprint density at radius 3 is 2.56 bits per heavy atom. The summed E-state index contributed by atoms with van der Waals surface area (Å²) in [7, 11) is 0. The molecule has 1 aromatic carbocycles. The maximum absolute atomic E-state index is 5.97. The van der Waals surface area contributed by atoms with Crippen LogP contribution in [0.5, 0.6) is 0 Å². The Morgan fingerprint density at radius 2 is 1.83 bits per heavy atom. The SMILES string of the molecule is Clc1ccc([C@@H]2CNC[C@H]2CN2CCCC2)cc1. The van der Waals surface area contributed by atoms with Gasteiger partial charge in [-0.25, -0.2) is 0 Å². The van der Waals surface area contributed by atoms with Crippen molar-refractivity contribution in [3.63, 3.8) is 0 Å². The molecule has 2 aliphatic rings. The second kappa shape index (κ2) is 5.60. The van der Waals surface area contributed by atoms with Crippen molar-refractivity contribution in [1.29, 1.82) is 0 Å². The lowest BCUT2D eigenvalue weighted by atomic mass is 9.88. The Labute approximate surface area is 114 Å². The first kappa shape index (κ1) is 12.5. The van der Waals surface area contributed by atoms with E-state index in [0.29, 0.717) is 5.92 Å². The van der Waals surface area contributed by atoms with Crippen LogP contribution in [0.25, 0.3) is 0 Å². The van der Waals surface area contributed by atoms with Gasteiger partial charge in [0, 0.05) is 24.0 Å². The first-order chi connectivity index (χ1) is 8.83. The van der Waals surface area contributed by atoms with Crippen molar-refractivity contribution in [2.75, 3.05) is 32.7 Å². The van der Waals surface area contributed by atoms with Gasteiger partial charge in [-0.15, -0.1) is 0 Å². The van der Waals surface area contributed by atoms with Crippen LogP contribution in [0.4, 0.5) is 0 Å². The minimum atomic E-state index is 0.655. The topological polar surface area (TPSA) is 15.3 Å². The first-order valence-corrected chi connectivity index (χ1v) is 7.39. The third kappa shape index (κ3) is 2.71. The Hall–Kier alpha value is -0.570. The summed E-state index contributed by atoms with van der Waals surface area (Å²) >= 11 is 5.97. The van der Waals surface area contributed by atoms with Gasteiger partial charge in [-0.1, -0.05) is 23.7 Å². The fourth-order valence-electron chi connectivity index (χ4n) is 3.32. The number of hydrogen-bond donors (Lipinski definition) is 1. The summed E-state index contributed by atoms with van der Waals surface area (Å²) in [6.07, 6.45) is 2.76. The molecule has 0 unspecified atom stereocenters. The quantitative estimate of drug-likeness (QED) is 0.903. The number of rotatable bonds is 3. The molecule has 2 heterocycles. The normalized spacial score (nSPS) is 28.9. The highest BCUT2D eigenvalue weighted by molar-refractivity contribution is 6.30. The molecule has 0 radical (unpaired) electrons. The van der Waals surface area contributed by atoms with Gasteiger partial charge in [-0.3, -0.25) is 0 Å². The van der Waals surface area contributed by atoms with Gasteiger partial charge < -0.3 is 10.2 Å². The van der Waals surface area contributed by atoms with Crippen LogP contribution >= 0.6 is 11.6 Å². The van der Waals surface area contributed by atoms with E-state index in [0.717, 1.165) is 24.0 Å². The largest absolute Gasteiger partial charge is 0.316 e. The van der Waals surface area contributed by atoms with E-state index in [1.165, 1.54) is 38.0 Å². The van der Waals surface area contributed by atoms with E-state index in [9.17, 15) is 0 Å². The van der Waals surface area contributed by atoms with Gasteiger partial charge in [0.2, 0.25) is 0 Å². The summed E-state index contributed by atoms with van der Waals surface area (Å²) in [5.41, 5.74) is 1.44. The summed E-state index contributed by atoms with van der Waals surface area (Å²) in [6.45, 7) is 6.11. The van der Waals surface area contributed by atoms with Crippen LogP contribution in [0, 0.1) is 5.92 Å². The Morgan fingerprint density at radius 1 is 1.11 bits per heavy atom. The van der Waals surface area contributed by atoms with Crippen LogP contribution in [-0.4, -0.2) is 37.6 Å². The first-order valence-electron chi connectivity index (χ1n) is 7.01. The number of hydrogen-bond acceptors (Lipinski definition) is 2. The van der Waals surface area contributed by atoms with Crippen LogP contribution in [0.3, 0.4) is 0 Å². The third-order valence-corrected chi connectivity index (χ3v) is 4.58. The highest BCUT2D eigenvalue weighted by atomic mass is 35.5. The van der Waals surface area contributed by atoms with Crippen molar-refractivity contribution >= 4 is 11.6 Å². The van der Waals surface area contributed by atoms with Crippen LogP contribution in [0.15, 0.2) is 24.3 Å². The van der Waals surface area contributed by atoms with E-state index >= 15 is 0 Å². The van der Waals surface area contributed by atoms with E-state index < -0.39 is 0 Å². The number of likely N-dealkylation sites (tertiary alicyclic amines) is 1. The molecule has 1 aromatic rings. The van der Waals surface area contributed by atoms with Crippen LogP contribution in [0.1, 0.15) is 24.3 Å². The Bertz CT molecular complexity index is 384. The fraction of sp³-hybridized carbons (Fsp3) is 0.600. The summed E-state index contributed by atoms with van der Waals surface area (Å²) < 4.78 is 0. The van der Waals surface area contributed by atoms with Crippen molar-refractivity contribution < 1.29 is 0 Å². The highest BCUT2D eigenvalue weighted by Gasteiger charge is 2.30. The van der Waals surface area contributed by atoms with Crippen LogP contribution in [0.2, 0.25) is 5.02 Å². The predicted octanol–water partition coefficient (Wildman–Crippen LogP) is 2.74. The summed E-state index contributed by atoms with van der Waals surface area (Å²) in [5.74, 6) is 1.41. The van der Waals surface area contributed by atoms with E-state index in [1.54, 1.807) is 0 Å². The molecule has 2 aliphatic heterocycles. The molecule has 2 fully saturated rings. The molecule has 0 bridgehead atoms. The maximum Gasteiger partial charge on any atom is 0.0406 e. The number of nitrogens with one attached hydrogen (secondary N) is 1. The highest BCUT2D eigenvalue weighted by Crippen LogP contribution is 2.30. The minimum Gasteiger partial charge on any atom is -0.316 e. The zero-order chi connectivity index (χ0) is 12.4. The third-order valence-electron chi connectivity index (χ3n) is 4.33. The van der Waals surface area contributed by atoms with Crippen molar-refractivity contribution in [3.8, 4) is 0 Å². The molecule has 0 aliphatic carbocycles. The summed E-state index contributed by atoms with van der Waals surface area (Å²) in [6, 6.07) is 8.41. The Kier molecular flexibility index (Phi) is 3.88. The van der Waals surface area contributed by atoms with Crippen molar-refractivity contribution in [2.45, 2.75) is 18.8 Å². The molecular formula is C15H21ClN2. The van der Waals surface area contributed by atoms with Gasteiger partial charge in [0.1, 0.15) is 0 Å². The zero-order valence-electron chi connectivity index (χ0n) is 10.7. The monoisotopic (exact) mass is 264 g/mol. The van der Waals surface area contributed by atoms with Crippen molar-refractivity contribution in [2.24, 2.45) is 5.92 Å². The minimum absolute atomic E-state index is 0.655. The molecule has 0 saturated carbocycles. The molecule has 0 aromatic heterocycles. The van der Waals surface area contributed by atoms with Crippen LogP contribution < -0.4 is 5.32 Å². The van der Waals surface area contributed by atoms with Gasteiger partial charge in [-0.05, 0) is 56.1 Å². The average Bonchev–Trinajstić information content (AvgIpc) is 3.02. The molecule has 18 heavy (non-hydrogen) atoms. The number of halogens is 1. The van der Waals surface area contributed by atoms with Gasteiger partial charge in [0.25, 0.3) is 0 Å². The summed E-state index contributed by atoms with van der Waals surface area (Å²) in [4.78, 5) is 2.63. The Balaban J connectivity index is 1.68. The van der Waals surface area contributed by atoms with E-state index in [1.807, 2.05) is 12.1 Å².